The largest absolute Gasteiger partial charge is 0.354 e. The van der Waals surface area contributed by atoms with Crippen molar-refractivity contribution in [3.8, 4) is 0 Å². The van der Waals surface area contributed by atoms with Gasteiger partial charge >= 0.3 is 0 Å². The van der Waals surface area contributed by atoms with Crippen LogP contribution >= 0.6 is 0 Å². The first-order valence-corrected chi connectivity index (χ1v) is 5.50. The van der Waals surface area contributed by atoms with Gasteiger partial charge in [-0.15, -0.1) is 0 Å². The van der Waals surface area contributed by atoms with Crippen molar-refractivity contribution < 1.29 is 14.9 Å². The number of likely N-dealkylation sites (N-methyl/N-ethyl adjacent to an activating group) is 1. The van der Waals surface area contributed by atoms with Gasteiger partial charge in [-0.1, -0.05) is 17.7 Å². The molecular formula is C12H18N3O2+. The average Bonchev–Trinajstić information content (AvgIpc) is 2.32. The minimum Gasteiger partial charge on any atom is -0.354 e. The second-order valence-electron chi connectivity index (χ2n) is 3.78. The number of rotatable bonds is 5. The van der Waals surface area contributed by atoms with E-state index in [0.717, 1.165) is 11.3 Å². The summed E-state index contributed by atoms with van der Waals surface area (Å²) in [4.78, 5) is 22.4. The van der Waals surface area contributed by atoms with Crippen LogP contribution in [0.15, 0.2) is 24.3 Å². The van der Waals surface area contributed by atoms with Crippen LogP contribution in [0.4, 0.5) is 5.69 Å². The van der Waals surface area contributed by atoms with Gasteiger partial charge < -0.3 is 16.0 Å². The lowest BCUT2D eigenvalue weighted by Gasteiger charge is -2.04. The number of hydrogen-bond donors (Lipinski definition) is 3. The number of aryl methyl sites for hydroxylation is 1. The van der Waals surface area contributed by atoms with E-state index in [2.05, 4.69) is 10.6 Å². The molecule has 92 valence electrons. The van der Waals surface area contributed by atoms with Crippen LogP contribution in [0.3, 0.4) is 0 Å². The standard InChI is InChI=1S/C12H17N3O2/c1-9-3-5-10(6-4-9)15-12(17)8-14-7-11(16)13-2/h3-6,14H,7-8H2,1-2H3,(H,13,16)(H,15,17)/p+1. The summed E-state index contributed by atoms with van der Waals surface area (Å²) in [6.45, 7) is 2.49. The fraction of sp³-hybridized carbons (Fsp3) is 0.333. The Hall–Kier alpha value is -1.88. The van der Waals surface area contributed by atoms with Gasteiger partial charge in [0.1, 0.15) is 0 Å². The zero-order valence-corrected chi connectivity index (χ0v) is 10.1. The van der Waals surface area contributed by atoms with Crippen molar-refractivity contribution in [2.45, 2.75) is 6.92 Å². The first-order chi connectivity index (χ1) is 8.11. The zero-order valence-electron chi connectivity index (χ0n) is 10.1. The molecule has 17 heavy (non-hydrogen) atoms. The van der Waals surface area contributed by atoms with Crippen molar-refractivity contribution in [3.05, 3.63) is 29.8 Å². The van der Waals surface area contributed by atoms with Crippen molar-refractivity contribution in [1.29, 1.82) is 0 Å². The minimum atomic E-state index is -0.113. The van der Waals surface area contributed by atoms with E-state index in [1.54, 1.807) is 12.4 Å². The van der Waals surface area contributed by atoms with Crippen LogP contribution in [0.5, 0.6) is 0 Å². The normalized spacial score (nSPS) is 9.76. The summed E-state index contributed by atoms with van der Waals surface area (Å²) in [5.74, 6) is -0.203. The molecule has 0 bridgehead atoms. The number of quaternary nitrogens is 1. The Morgan fingerprint density at radius 3 is 2.29 bits per heavy atom. The summed E-state index contributed by atoms with van der Waals surface area (Å²) in [5, 5.41) is 6.91. The van der Waals surface area contributed by atoms with Gasteiger partial charge in [-0.05, 0) is 19.1 Å². The number of nitrogens with one attached hydrogen (secondary N) is 2. The monoisotopic (exact) mass is 236 g/mol. The van der Waals surface area contributed by atoms with Gasteiger partial charge in [0.2, 0.25) is 0 Å². The van der Waals surface area contributed by atoms with E-state index in [1.807, 2.05) is 31.2 Å². The van der Waals surface area contributed by atoms with Crippen LogP contribution in [0.1, 0.15) is 5.56 Å². The topological polar surface area (TPSA) is 74.8 Å². The highest BCUT2D eigenvalue weighted by Gasteiger charge is 2.06. The molecule has 5 heteroatoms. The SMILES string of the molecule is CNC(=O)C[NH2+]CC(=O)Nc1ccc(C)cc1. The molecule has 0 radical (unpaired) electrons. The molecule has 0 atom stereocenters. The van der Waals surface area contributed by atoms with Crippen LogP contribution in [0.2, 0.25) is 0 Å². The van der Waals surface area contributed by atoms with Gasteiger partial charge in [-0.2, -0.15) is 0 Å². The molecule has 0 unspecified atom stereocenters. The number of nitrogens with two attached hydrogens (primary N) is 1. The Balaban J connectivity index is 2.30. The predicted octanol–water partition coefficient (Wildman–Crippen LogP) is -0.757. The van der Waals surface area contributed by atoms with E-state index in [0.29, 0.717) is 0 Å². The number of amides is 2. The van der Waals surface area contributed by atoms with Gasteiger partial charge in [0.25, 0.3) is 11.8 Å². The third-order valence-corrected chi connectivity index (χ3v) is 2.27. The van der Waals surface area contributed by atoms with Crippen molar-refractivity contribution >= 4 is 17.5 Å². The summed E-state index contributed by atoms with van der Waals surface area (Å²) in [5.41, 5.74) is 1.92. The quantitative estimate of drug-likeness (QED) is 0.629. The molecule has 0 spiro atoms. The minimum absolute atomic E-state index is 0.0897. The van der Waals surface area contributed by atoms with E-state index in [9.17, 15) is 9.59 Å². The second-order valence-corrected chi connectivity index (χ2v) is 3.78. The van der Waals surface area contributed by atoms with Crippen LogP contribution in [-0.2, 0) is 9.59 Å². The van der Waals surface area contributed by atoms with Gasteiger partial charge in [0.05, 0.1) is 0 Å². The molecule has 0 saturated carbocycles. The summed E-state index contributed by atoms with van der Waals surface area (Å²) >= 11 is 0. The maximum absolute atomic E-state index is 11.5. The molecule has 0 aliphatic rings. The predicted molar refractivity (Wildman–Crippen MR) is 65.5 cm³/mol. The Kier molecular flexibility index (Phi) is 5.16. The Bertz CT molecular complexity index is 387. The summed E-state index contributed by atoms with van der Waals surface area (Å²) < 4.78 is 0. The second kappa shape index (κ2) is 6.65. The van der Waals surface area contributed by atoms with Crippen LogP contribution < -0.4 is 16.0 Å². The van der Waals surface area contributed by atoms with Crippen molar-refractivity contribution in [2.75, 3.05) is 25.5 Å². The fourth-order valence-electron chi connectivity index (χ4n) is 1.29. The fourth-order valence-corrected chi connectivity index (χ4v) is 1.29. The lowest BCUT2D eigenvalue weighted by Crippen LogP contribution is -2.88. The third kappa shape index (κ3) is 5.12. The first kappa shape index (κ1) is 13.2. The maximum atomic E-state index is 11.5. The molecule has 5 nitrogen and oxygen atoms in total. The molecule has 2 amide bonds. The van der Waals surface area contributed by atoms with Gasteiger partial charge in [0, 0.05) is 12.7 Å². The Morgan fingerprint density at radius 1 is 1.12 bits per heavy atom. The molecular weight excluding hydrogens is 218 g/mol. The molecule has 1 rings (SSSR count). The van der Waals surface area contributed by atoms with Crippen molar-refractivity contribution in [3.63, 3.8) is 0 Å². The highest BCUT2D eigenvalue weighted by molar-refractivity contribution is 5.91. The number of benzene rings is 1. The highest BCUT2D eigenvalue weighted by Crippen LogP contribution is 2.07. The average molecular weight is 236 g/mol. The lowest BCUT2D eigenvalue weighted by atomic mass is 10.2. The van der Waals surface area contributed by atoms with E-state index in [4.69, 9.17) is 0 Å². The van der Waals surface area contributed by atoms with Crippen molar-refractivity contribution in [1.82, 2.24) is 5.32 Å². The summed E-state index contributed by atoms with van der Waals surface area (Å²) in [6.07, 6.45) is 0. The molecule has 1 aromatic rings. The summed E-state index contributed by atoms with van der Waals surface area (Å²) in [6, 6.07) is 7.58. The molecule has 0 aliphatic carbocycles. The molecule has 0 fully saturated rings. The highest BCUT2D eigenvalue weighted by atomic mass is 16.2. The van der Waals surface area contributed by atoms with Gasteiger partial charge in [0.15, 0.2) is 13.1 Å². The van der Waals surface area contributed by atoms with Crippen LogP contribution in [0.25, 0.3) is 0 Å². The molecule has 0 heterocycles. The third-order valence-electron chi connectivity index (χ3n) is 2.27. The maximum Gasteiger partial charge on any atom is 0.279 e. The molecule has 0 saturated heterocycles. The van der Waals surface area contributed by atoms with E-state index < -0.39 is 0 Å². The summed E-state index contributed by atoms with van der Waals surface area (Å²) in [7, 11) is 1.57. The molecule has 0 aromatic heterocycles. The number of carbonyl (C=O) groups excluding carboxylic acids is 2. The molecule has 4 N–H and O–H groups in total. The van der Waals surface area contributed by atoms with Crippen LogP contribution in [-0.4, -0.2) is 32.0 Å². The Labute approximate surface area is 101 Å². The lowest BCUT2D eigenvalue weighted by molar-refractivity contribution is -0.632. The first-order valence-electron chi connectivity index (χ1n) is 5.50. The smallest absolute Gasteiger partial charge is 0.279 e. The van der Waals surface area contributed by atoms with Crippen molar-refractivity contribution in [2.24, 2.45) is 0 Å². The van der Waals surface area contributed by atoms with Gasteiger partial charge in [-0.25, -0.2) is 0 Å². The molecule has 0 aliphatic heterocycles. The number of hydrogen-bond acceptors (Lipinski definition) is 2. The zero-order chi connectivity index (χ0) is 12.7. The van der Waals surface area contributed by atoms with E-state index in [-0.39, 0.29) is 24.9 Å². The number of anilines is 1. The van der Waals surface area contributed by atoms with E-state index >= 15 is 0 Å². The number of carbonyl (C=O) groups is 2. The van der Waals surface area contributed by atoms with Crippen LogP contribution in [0, 0.1) is 6.92 Å². The molecule has 1 aromatic carbocycles. The Morgan fingerprint density at radius 2 is 1.71 bits per heavy atom. The van der Waals surface area contributed by atoms with E-state index in [1.165, 1.54) is 0 Å². The van der Waals surface area contributed by atoms with Gasteiger partial charge in [-0.3, -0.25) is 9.59 Å².